The maximum atomic E-state index is 12.3. The zero-order valence-corrected chi connectivity index (χ0v) is 12.8. The van der Waals surface area contributed by atoms with E-state index >= 15 is 0 Å². The summed E-state index contributed by atoms with van der Waals surface area (Å²) in [4.78, 5) is 12.3. The zero-order chi connectivity index (χ0) is 16.1. The van der Waals surface area contributed by atoms with Crippen LogP contribution < -0.4 is 5.32 Å². The molecule has 0 heterocycles. The summed E-state index contributed by atoms with van der Waals surface area (Å²) in [5.41, 5.74) is 2.47. The molecule has 2 aromatic carbocycles. The predicted molar refractivity (Wildman–Crippen MR) is 84.6 cm³/mol. The minimum Gasteiger partial charge on any atom is -0.394 e. The number of aryl methyl sites for hydroxylation is 1. The topological polar surface area (TPSA) is 73.1 Å². The predicted octanol–water partition coefficient (Wildman–Crippen LogP) is 2.98. The highest BCUT2D eigenvalue weighted by Crippen LogP contribution is 2.18. The van der Waals surface area contributed by atoms with Gasteiger partial charge in [0.1, 0.15) is 0 Å². The molecule has 0 aliphatic heterocycles. The van der Waals surface area contributed by atoms with Crippen LogP contribution in [0.25, 0.3) is 0 Å². The lowest BCUT2D eigenvalue weighted by Gasteiger charge is -2.17. The summed E-state index contributed by atoms with van der Waals surface area (Å²) in [7, 11) is 0. The molecule has 112 valence electrons. The number of carbonyl (C=O) groups excluding carboxylic acids is 1. The maximum absolute atomic E-state index is 12.3. The fourth-order valence-corrected chi connectivity index (χ4v) is 2.28. The number of amides is 1. The molecule has 0 bridgehead atoms. The van der Waals surface area contributed by atoms with Crippen LogP contribution >= 0.6 is 11.6 Å². The smallest absolute Gasteiger partial charge is 0.252 e. The van der Waals surface area contributed by atoms with E-state index in [1.54, 1.807) is 49.4 Å². The Morgan fingerprint density at radius 3 is 2.55 bits per heavy atom. The molecular formula is C17H15ClN2O2. The van der Waals surface area contributed by atoms with E-state index in [1.165, 1.54) is 0 Å². The third-order valence-corrected chi connectivity index (χ3v) is 3.61. The lowest BCUT2D eigenvalue weighted by molar-refractivity contribution is 0.0915. The fraction of sp³-hybridized carbons (Fsp3) is 0.176. The summed E-state index contributed by atoms with van der Waals surface area (Å²) in [6.45, 7) is 1.55. The summed E-state index contributed by atoms with van der Waals surface area (Å²) in [5.74, 6) is -0.295. The van der Waals surface area contributed by atoms with E-state index in [4.69, 9.17) is 16.9 Å². The SMILES string of the molecule is Cc1cc(C#N)ccc1C(=O)NC(CO)c1ccc(Cl)cc1. The summed E-state index contributed by atoms with van der Waals surface area (Å²) in [6, 6.07) is 13.3. The van der Waals surface area contributed by atoms with Gasteiger partial charge >= 0.3 is 0 Å². The molecule has 1 amide bonds. The number of carbonyl (C=O) groups is 1. The molecule has 0 spiro atoms. The van der Waals surface area contributed by atoms with Crippen LogP contribution in [-0.4, -0.2) is 17.6 Å². The van der Waals surface area contributed by atoms with Gasteiger partial charge in [0.2, 0.25) is 0 Å². The Hall–Kier alpha value is -2.35. The van der Waals surface area contributed by atoms with Crippen LogP contribution in [-0.2, 0) is 0 Å². The van der Waals surface area contributed by atoms with Gasteiger partial charge in [0.25, 0.3) is 5.91 Å². The zero-order valence-electron chi connectivity index (χ0n) is 12.0. The molecule has 4 nitrogen and oxygen atoms in total. The first-order valence-electron chi connectivity index (χ1n) is 6.73. The minimum atomic E-state index is -0.514. The molecule has 1 atom stereocenters. The quantitative estimate of drug-likeness (QED) is 0.911. The van der Waals surface area contributed by atoms with Crippen molar-refractivity contribution in [1.82, 2.24) is 5.32 Å². The molecule has 0 aliphatic rings. The molecule has 1 unspecified atom stereocenters. The Labute approximate surface area is 134 Å². The molecule has 0 aliphatic carbocycles. The number of benzene rings is 2. The van der Waals surface area contributed by atoms with Gasteiger partial charge in [0, 0.05) is 10.6 Å². The van der Waals surface area contributed by atoms with Crippen LogP contribution in [0.2, 0.25) is 5.02 Å². The van der Waals surface area contributed by atoms with Gasteiger partial charge in [-0.1, -0.05) is 23.7 Å². The molecule has 0 aromatic heterocycles. The number of nitrogens with zero attached hydrogens (tertiary/aromatic N) is 1. The molecule has 0 saturated heterocycles. The number of rotatable bonds is 4. The molecule has 2 rings (SSSR count). The second-order valence-corrected chi connectivity index (χ2v) is 5.34. The first-order chi connectivity index (χ1) is 10.5. The summed E-state index contributed by atoms with van der Waals surface area (Å²) in [6.07, 6.45) is 0. The molecule has 2 aromatic rings. The standard InChI is InChI=1S/C17H15ClN2O2/c1-11-8-12(9-19)2-7-15(11)17(22)20-16(10-21)13-3-5-14(18)6-4-13/h2-8,16,21H,10H2,1H3,(H,20,22). The monoisotopic (exact) mass is 314 g/mol. The van der Waals surface area contributed by atoms with Crippen molar-refractivity contribution < 1.29 is 9.90 Å². The third-order valence-electron chi connectivity index (χ3n) is 3.36. The fourth-order valence-electron chi connectivity index (χ4n) is 2.15. The molecular weight excluding hydrogens is 300 g/mol. The van der Waals surface area contributed by atoms with Gasteiger partial charge in [-0.25, -0.2) is 0 Å². The van der Waals surface area contributed by atoms with Crippen LogP contribution in [0.15, 0.2) is 42.5 Å². The van der Waals surface area contributed by atoms with E-state index in [2.05, 4.69) is 5.32 Å². The second-order valence-electron chi connectivity index (χ2n) is 4.90. The summed E-state index contributed by atoms with van der Waals surface area (Å²) >= 11 is 5.83. The molecule has 0 fully saturated rings. The highest BCUT2D eigenvalue weighted by atomic mass is 35.5. The molecule has 2 N–H and O–H groups in total. The summed E-state index contributed by atoms with van der Waals surface area (Å²) in [5, 5.41) is 21.7. The Balaban J connectivity index is 2.19. The van der Waals surface area contributed by atoms with Crippen molar-refractivity contribution in [3.63, 3.8) is 0 Å². The van der Waals surface area contributed by atoms with Gasteiger partial charge in [-0.2, -0.15) is 5.26 Å². The Morgan fingerprint density at radius 1 is 1.32 bits per heavy atom. The first-order valence-corrected chi connectivity index (χ1v) is 7.11. The maximum Gasteiger partial charge on any atom is 0.252 e. The average molecular weight is 315 g/mol. The number of nitriles is 1. The van der Waals surface area contributed by atoms with Crippen LogP contribution in [0, 0.1) is 18.3 Å². The van der Waals surface area contributed by atoms with Gasteiger partial charge in [-0.3, -0.25) is 4.79 Å². The van der Waals surface area contributed by atoms with Crippen molar-refractivity contribution in [2.24, 2.45) is 0 Å². The van der Waals surface area contributed by atoms with Gasteiger partial charge in [0.15, 0.2) is 0 Å². The van der Waals surface area contributed by atoms with Gasteiger partial charge in [0.05, 0.1) is 24.3 Å². The normalized spacial score (nSPS) is 11.5. The molecule has 22 heavy (non-hydrogen) atoms. The largest absolute Gasteiger partial charge is 0.394 e. The van der Waals surface area contributed by atoms with E-state index in [-0.39, 0.29) is 12.5 Å². The van der Waals surface area contributed by atoms with Crippen molar-refractivity contribution in [3.05, 3.63) is 69.7 Å². The number of hydrogen-bond donors (Lipinski definition) is 2. The molecule has 0 saturated carbocycles. The van der Waals surface area contributed by atoms with Crippen LogP contribution in [0.3, 0.4) is 0 Å². The van der Waals surface area contributed by atoms with Crippen molar-refractivity contribution in [1.29, 1.82) is 5.26 Å². The van der Waals surface area contributed by atoms with Crippen molar-refractivity contribution in [2.75, 3.05) is 6.61 Å². The van der Waals surface area contributed by atoms with Gasteiger partial charge in [-0.05, 0) is 48.4 Å². The van der Waals surface area contributed by atoms with E-state index in [0.717, 1.165) is 5.56 Å². The molecule has 0 radical (unpaired) electrons. The van der Waals surface area contributed by atoms with Crippen molar-refractivity contribution >= 4 is 17.5 Å². The van der Waals surface area contributed by atoms with Crippen LogP contribution in [0.5, 0.6) is 0 Å². The minimum absolute atomic E-state index is 0.220. The number of halogens is 1. The number of aliphatic hydroxyl groups is 1. The third kappa shape index (κ3) is 3.64. The second kappa shape index (κ2) is 7.08. The lowest BCUT2D eigenvalue weighted by Crippen LogP contribution is -2.31. The Morgan fingerprint density at radius 2 is 2.00 bits per heavy atom. The number of nitrogens with one attached hydrogen (secondary N) is 1. The average Bonchev–Trinajstić information content (AvgIpc) is 2.53. The van der Waals surface area contributed by atoms with Gasteiger partial charge in [-0.15, -0.1) is 0 Å². The van der Waals surface area contributed by atoms with E-state index in [0.29, 0.717) is 21.7 Å². The van der Waals surface area contributed by atoms with Crippen LogP contribution in [0.4, 0.5) is 0 Å². The Bertz CT molecular complexity index is 720. The van der Waals surface area contributed by atoms with Gasteiger partial charge < -0.3 is 10.4 Å². The number of aliphatic hydroxyl groups excluding tert-OH is 1. The van der Waals surface area contributed by atoms with Crippen LogP contribution in [0.1, 0.15) is 33.1 Å². The first kappa shape index (κ1) is 16.0. The number of hydrogen-bond acceptors (Lipinski definition) is 3. The Kier molecular flexibility index (Phi) is 5.16. The highest BCUT2D eigenvalue weighted by molar-refractivity contribution is 6.30. The lowest BCUT2D eigenvalue weighted by atomic mass is 10.0. The molecule has 5 heteroatoms. The summed E-state index contributed by atoms with van der Waals surface area (Å²) < 4.78 is 0. The van der Waals surface area contributed by atoms with E-state index in [1.807, 2.05) is 6.07 Å². The van der Waals surface area contributed by atoms with E-state index < -0.39 is 6.04 Å². The highest BCUT2D eigenvalue weighted by Gasteiger charge is 2.16. The van der Waals surface area contributed by atoms with E-state index in [9.17, 15) is 9.90 Å². The van der Waals surface area contributed by atoms with Crippen molar-refractivity contribution in [3.8, 4) is 6.07 Å². The van der Waals surface area contributed by atoms with Crippen molar-refractivity contribution in [2.45, 2.75) is 13.0 Å².